The number of hydrogen-bond acceptors (Lipinski definition) is 4. The quantitative estimate of drug-likeness (QED) is 0.588. The van der Waals surface area contributed by atoms with Crippen LogP contribution in [0.15, 0.2) is 42.5 Å². The van der Waals surface area contributed by atoms with Crippen molar-refractivity contribution >= 4 is 23.2 Å². The lowest BCUT2D eigenvalue weighted by molar-refractivity contribution is 0.0746. The maximum absolute atomic E-state index is 13.1. The van der Waals surface area contributed by atoms with E-state index in [0.717, 1.165) is 41.5 Å². The fourth-order valence-corrected chi connectivity index (χ4v) is 3.66. The number of hydrogen-bond donors (Lipinski definition) is 0. The van der Waals surface area contributed by atoms with Crippen molar-refractivity contribution in [1.29, 1.82) is 0 Å². The van der Waals surface area contributed by atoms with Gasteiger partial charge in [-0.1, -0.05) is 24.6 Å². The lowest BCUT2D eigenvalue weighted by atomic mass is 10.1. The second-order valence-corrected chi connectivity index (χ2v) is 7.50. The summed E-state index contributed by atoms with van der Waals surface area (Å²) >= 11 is 6.11. The lowest BCUT2D eigenvalue weighted by Gasteiger charge is -2.36. The van der Waals surface area contributed by atoms with Crippen LogP contribution in [0.4, 0.5) is 5.69 Å². The Labute approximate surface area is 178 Å². The molecule has 0 aliphatic carbocycles. The van der Waals surface area contributed by atoms with Crippen molar-refractivity contribution in [3.8, 4) is 5.75 Å². The number of anilines is 1. The van der Waals surface area contributed by atoms with Crippen molar-refractivity contribution in [1.82, 2.24) is 4.90 Å². The van der Waals surface area contributed by atoms with E-state index in [0.29, 0.717) is 38.5 Å². The van der Waals surface area contributed by atoms with Crippen molar-refractivity contribution in [2.45, 2.75) is 26.9 Å². The number of carbonyl (C=O) groups excluding carboxylic acids is 1. The van der Waals surface area contributed by atoms with Crippen molar-refractivity contribution in [3.05, 3.63) is 58.6 Å². The molecular formula is C23H29ClN2O3. The van der Waals surface area contributed by atoms with Gasteiger partial charge in [-0.05, 0) is 49.7 Å². The average Bonchev–Trinajstić information content (AvgIpc) is 2.75. The number of ether oxygens (including phenoxy) is 2. The number of carbonyl (C=O) groups is 1. The van der Waals surface area contributed by atoms with Crippen LogP contribution in [0.5, 0.6) is 5.75 Å². The highest BCUT2D eigenvalue weighted by molar-refractivity contribution is 6.30. The fraction of sp³-hybridized carbons (Fsp3) is 0.435. The van der Waals surface area contributed by atoms with E-state index in [1.54, 1.807) is 0 Å². The highest BCUT2D eigenvalue weighted by Crippen LogP contribution is 2.24. The molecule has 1 saturated heterocycles. The molecule has 1 aliphatic heterocycles. The van der Waals surface area contributed by atoms with Crippen LogP contribution in [0.25, 0.3) is 0 Å². The van der Waals surface area contributed by atoms with Crippen LogP contribution < -0.4 is 9.64 Å². The molecular weight excluding hydrogens is 388 g/mol. The highest BCUT2D eigenvalue weighted by Gasteiger charge is 2.23. The molecule has 3 rings (SSSR count). The number of rotatable bonds is 8. The molecule has 2 aromatic rings. The van der Waals surface area contributed by atoms with Crippen molar-refractivity contribution in [3.63, 3.8) is 0 Å². The highest BCUT2D eigenvalue weighted by atomic mass is 35.5. The van der Waals surface area contributed by atoms with Crippen LogP contribution in [0.3, 0.4) is 0 Å². The van der Waals surface area contributed by atoms with Gasteiger partial charge >= 0.3 is 0 Å². The summed E-state index contributed by atoms with van der Waals surface area (Å²) in [5.41, 5.74) is 2.70. The van der Waals surface area contributed by atoms with Crippen LogP contribution in [0, 0.1) is 0 Å². The Kier molecular flexibility index (Phi) is 7.78. The maximum atomic E-state index is 13.1. The van der Waals surface area contributed by atoms with E-state index < -0.39 is 0 Å². The van der Waals surface area contributed by atoms with Gasteiger partial charge in [0, 0.05) is 54.6 Å². The lowest BCUT2D eigenvalue weighted by Crippen LogP contribution is -2.48. The van der Waals surface area contributed by atoms with Crippen LogP contribution in [0.1, 0.15) is 36.2 Å². The van der Waals surface area contributed by atoms with Crippen molar-refractivity contribution < 1.29 is 14.3 Å². The second kappa shape index (κ2) is 10.5. The SMILES string of the molecule is CCCOCc1cc(C(=O)N2CCN(c3cccc(Cl)c3)CC2)ccc1OCC. The van der Waals surface area contributed by atoms with Gasteiger partial charge < -0.3 is 19.3 Å². The fourth-order valence-electron chi connectivity index (χ4n) is 3.47. The summed E-state index contributed by atoms with van der Waals surface area (Å²) in [5.74, 6) is 0.835. The molecule has 0 spiro atoms. The third-order valence-electron chi connectivity index (χ3n) is 4.95. The van der Waals surface area contributed by atoms with Crippen molar-refractivity contribution in [2.75, 3.05) is 44.3 Å². The average molecular weight is 417 g/mol. The molecule has 0 aromatic heterocycles. The smallest absolute Gasteiger partial charge is 0.253 e. The first-order chi connectivity index (χ1) is 14.1. The molecule has 0 radical (unpaired) electrons. The number of nitrogens with zero attached hydrogens (tertiary/aromatic N) is 2. The minimum atomic E-state index is 0.0514. The number of piperazine rings is 1. The largest absolute Gasteiger partial charge is 0.494 e. The summed E-state index contributed by atoms with van der Waals surface area (Å²) in [4.78, 5) is 17.2. The first kappa shape index (κ1) is 21.5. The second-order valence-electron chi connectivity index (χ2n) is 7.07. The summed E-state index contributed by atoms with van der Waals surface area (Å²) in [5, 5.41) is 0.730. The molecule has 1 fully saturated rings. The Bertz CT molecular complexity index is 820. The Hall–Kier alpha value is -2.24. The van der Waals surface area contributed by atoms with E-state index in [4.69, 9.17) is 21.1 Å². The van der Waals surface area contributed by atoms with Crippen LogP contribution in [-0.4, -0.2) is 50.2 Å². The molecule has 0 bridgehead atoms. The molecule has 0 atom stereocenters. The van der Waals surface area contributed by atoms with Crippen LogP contribution in [-0.2, 0) is 11.3 Å². The van der Waals surface area contributed by atoms with E-state index in [2.05, 4.69) is 17.9 Å². The molecule has 2 aromatic carbocycles. The molecule has 0 unspecified atom stereocenters. The molecule has 1 aliphatic rings. The third kappa shape index (κ3) is 5.64. The van der Waals surface area contributed by atoms with Gasteiger partial charge in [-0.15, -0.1) is 0 Å². The zero-order valence-electron chi connectivity index (χ0n) is 17.2. The topological polar surface area (TPSA) is 42.0 Å². The standard InChI is InChI=1S/C23H29ClN2O3/c1-3-14-28-17-19-15-18(8-9-22(19)29-4-2)23(27)26-12-10-25(11-13-26)21-7-5-6-20(24)16-21/h5-9,15-16H,3-4,10-14,17H2,1-2H3. The minimum absolute atomic E-state index is 0.0514. The molecule has 1 amide bonds. The van der Waals surface area contributed by atoms with E-state index in [9.17, 15) is 4.79 Å². The molecule has 0 saturated carbocycles. The normalized spacial score (nSPS) is 14.2. The van der Waals surface area contributed by atoms with E-state index in [1.165, 1.54) is 0 Å². The molecule has 0 N–H and O–H groups in total. The minimum Gasteiger partial charge on any atom is -0.494 e. The summed E-state index contributed by atoms with van der Waals surface area (Å²) < 4.78 is 11.4. The van der Waals surface area contributed by atoms with Crippen LogP contribution in [0.2, 0.25) is 5.02 Å². The van der Waals surface area contributed by atoms with Gasteiger partial charge in [-0.3, -0.25) is 4.79 Å². The first-order valence-electron chi connectivity index (χ1n) is 10.3. The zero-order chi connectivity index (χ0) is 20.6. The van der Waals surface area contributed by atoms with Gasteiger partial charge in [-0.2, -0.15) is 0 Å². The predicted molar refractivity (Wildman–Crippen MR) is 117 cm³/mol. The molecule has 5 nitrogen and oxygen atoms in total. The molecule has 29 heavy (non-hydrogen) atoms. The van der Waals surface area contributed by atoms with Crippen LogP contribution >= 0.6 is 11.6 Å². The van der Waals surface area contributed by atoms with Gasteiger partial charge in [0.2, 0.25) is 0 Å². The van der Waals surface area contributed by atoms with Gasteiger partial charge in [0.25, 0.3) is 5.91 Å². The molecule has 1 heterocycles. The zero-order valence-corrected chi connectivity index (χ0v) is 18.0. The molecule has 156 valence electrons. The summed E-state index contributed by atoms with van der Waals surface area (Å²) in [6, 6.07) is 13.5. The Morgan fingerprint density at radius 3 is 2.55 bits per heavy atom. The Balaban J connectivity index is 1.66. The van der Waals surface area contributed by atoms with E-state index >= 15 is 0 Å². The van der Waals surface area contributed by atoms with E-state index in [1.807, 2.05) is 48.2 Å². The number of amides is 1. The van der Waals surface area contributed by atoms with Gasteiger partial charge in [0.1, 0.15) is 5.75 Å². The number of halogens is 1. The third-order valence-corrected chi connectivity index (χ3v) is 5.19. The number of benzene rings is 2. The summed E-state index contributed by atoms with van der Waals surface area (Å²) in [6.07, 6.45) is 0.958. The van der Waals surface area contributed by atoms with Gasteiger partial charge in [-0.25, -0.2) is 0 Å². The summed E-state index contributed by atoms with van der Waals surface area (Å²) in [7, 11) is 0. The summed E-state index contributed by atoms with van der Waals surface area (Å²) in [6.45, 7) is 8.69. The monoisotopic (exact) mass is 416 g/mol. The predicted octanol–water partition coefficient (Wildman–Crippen LogP) is 4.63. The Morgan fingerprint density at radius 1 is 1.07 bits per heavy atom. The van der Waals surface area contributed by atoms with Gasteiger partial charge in [0.05, 0.1) is 13.2 Å². The van der Waals surface area contributed by atoms with Gasteiger partial charge in [0.15, 0.2) is 0 Å². The Morgan fingerprint density at radius 2 is 1.86 bits per heavy atom. The van der Waals surface area contributed by atoms with E-state index in [-0.39, 0.29) is 5.91 Å². The maximum Gasteiger partial charge on any atom is 0.253 e. The molecule has 6 heteroatoms. The first-order valence-corrected chi connectivity index (χ1v) is 10.6. The van der Waals surface area contributed by atoms with Crippen molar-refractivity contribution in [2.24, 2.45) is 0 Å².